The third-order valence-corrected chi connectivity index (χ3v) is 3.71. The summed E-state index contributed by atoms with van der Waals surface area (Å²) in [7, 11) is -3.95. The fourth-order valence-electron chi connectivity index (χ4n) is 1.48. The van der Waals surface area contributed by atoms with Crippen LogP contribution in [0.15, 0.2) is 41.8 Å². The van der Waals surface area contributed by atoms with Crippen LogP contribution in [0.4, 0.5) is 10.1 Å². The van der Waals surface area contributed by atoms with Gasteiger partial charge in [0.15, 0.2) is 5.03 Å². The number of carboxylic acid groups (broad SMARTS) is 1. The molecule has 7 nitrogen and oxygen atoms in total. The van der Waals surface area contributed by atoms with Crippen molar-refractivity contribution in [2.24, 2.45) is 0 Å². The van der Waals surface area contributed by atoms with Crippen LogP contribution in [0.1, 0.15) is 5.56 Å². The molecule has 0 amide bonds. The number of aromatic nitrogens is 2. The number of nitrogens with zero attached hydrogens (tertiary/aromatic N) is 1. The number of carboxylic acids is 1. The van der Waals surface area contributed by atoms with Crippen molar-refractivity contribution >= 4 is 27.8 Å². The molecule has 0 unspecified atom stereocenters. The summed E-state index contributed by atoms with van der Waals surface area (Å²) in [6.07, 6.45) is 4.32. The lowest BCUT2D eigenvalue weighted by molar-refractivity contribution is -0.131. The van der Waals surface area contributed by atoms with Crippen molar-refractivity contribution in [3.05, 3.63) is 48.2 Å². The Kier molecular flexibility index (Phi) is 4.03. The van der Waals surface area contributed by atoms with Crippen LogP contribution in [0.25, 0.3) is 6.08 Å². The van der Waals surface area contributed by atoms with Gasteiger partial charge >= 0.3 is 5.97 Å². The molecule has 0 aliphatic carbocycles. The number of imidazole rings is 1. The molecule has 0 bridgehead atoms. The number of benzene rings is 1. The molecule has 0 saturated heterocycles. The topological polar surface area (TPSA) is 112 Å². The second kappa shape index (κ2) is 5.75. The highest BCUT2D eigenvalue weighted by molar-refractivity contribution is 7.92. The largest absolute Gasteiger partial charge is 0.478 e. The van der Waals surface area contributed by atoms with Crippen molar-refractivity contribution in [3.63, 3.8) is 0 Å². The minimum Gasteiger partial charge on any atom is -0.478 e. The van der Waals surface area contributed by atoms with Gasteiger partial charge in [-0.05, 0) is 23.8 Å². The lowest BCUT2D eigenvalue weighted by Gasteiger charge is -2.07. The number of H-pyrrole nitrogens is 1. The van der Waals surface area contributed by atoms with Crippen LogP contribution < -0.4 is 4.72 Å². The molecule has 21 heavy (non-hydrogen) atoms. The van der Waals surface area contributed by atoms with Crippen LogP contribution in [0, 0.1) is 5.82 Å². The Balaban J connectivity index is 2.24. The molecule has 1 aromatic carbocycles. The maximum absolute atomic E-state index is 13.8. The number of anilines is 1. The summed E-state index contributed by atoms with van der Waals surface area (Å²) in [6, 6.07) is 3.60. The van der Waals surface area contributed by atoms with E-state index >= 15 is 0 Å². The van der Waals surface area contributed by atoms with Gasteiger partial charge in [0.1, 0.15) is 5.82 Å². The Morgan fingerprint density at radius 2 is 2.19 bits per heavy atom. The van der Waals surface area contributed by atoms with Crippen molar-refractivity contribution in [3.8, 4) is 0 Å². The maximum atomic E-state index is 13.8. The Labute approximate surface area is 119 Å². The van der Waals surface area contributed by atoms with E-state index in [2.05, 4.69) is 14.7 Å². The van der Waals surface area contributed by atoms with Crippen LogP contribution in [-0.4, -0.2) is 29.5 Å². The number of aliphatic carboxylic acids is 1. The van der Waals surface area contributed by atoms with Gasteiger partial charge in [-0.3, -0.25) is 4.72 Å². The lowest BCUT2D eigenvalue weighted by atomic mass is 10.2. The van der Waals surface area contributed by atoms with Gasteiger partial charge < -0.3 is 10.1 Å². The number of rotatable bonds is 5. The summed E-state index contributed by atoms with van der Waals surface area (Å²) in [5, 5.41) is 8.28. The molecule has 110 valence electrons. The molecule has 2 rings (SSSR count). The van der Waals surface area contributed by atoms with Gasteiger partial charge in [0.05, 0.1) is 18.2 Å². The Morgan fingerprint density at radius 3 is 2.76 bits per heavy atom. The highest BCUT2D eigenvalue weighted by Gasteiger charge is 2.17. The van der Waals surface area contributed by atoms with E-state index in [1.165, 1.54) is 24.5 Å². The average Bonchev–Trinajstić information content (AvgIpc) is 2.94. The van der Waals surface area contributed by atoms with Gasteiger partial charge in [0.25, 0.3) is 10.0 Å². The highest BCUT2D eigenvalue weighted by atomic mass is 32.2. The highest BCUT2D eigenvalue weighted by Crippen LogP contribution is 2.20. The number of carbonyl (C=O) groups is 1. The average molecular weight is 311 g/mol. The van der Waals surface area contributed by atoms with Crippen molar-refractivity contribution in [2.75, 3.05) is 4.72 Å². The standard InChI is InChI=1S/C12H10FN3O4S/c13-9-5-8(2-4-12(17)18)1-3-10(9)16-21(19,20)11-6-14-7-15-11/h1-7,16H,(H,14,15)(H,17,18). The third-order valence-electron chi connectivity index (χ3n) is 2.42. The number of sulfonamides is 1. The number of hydrogen-bond donors (Lipinski definition) is 3. The zero-order valence-corrected chi connectivity index (χ0v) is 11.3. The number of aromatic amines is 1. The Morgan fingerprint density at radius 1 is 1.43 bits per heavy atom. The van der Waals surface area contributed by atoms with Gasteiger partial charge in [0, 0.05) is 6.08 Å². The van der Waals surface area contributed by atoms with Crippen molar-refractivity contribution in [1.29, 1.82) is 0 Å². The van der Waals surface area contributed by atoms with E-state index in [0.717, 1.165) is 18.3 Å². The van der Waals surface area contributed by atoms with Gasteiger partial charge in [-0.2, -0.15) is 8.42 Å². The monoisotopic (exact) mass is 311 g/mol. The van der Waals surface area contributed by atoms with E-state index in [1.54, 1.807) is 0 Å². The van der Waals surface area contributed by atoms with Gasteiger partial charge in [-0.25, -0.2) is 14.2 Å². The third kappa shape index (κ3) is 3.66. The van der Waals surface area contributed by atoms with E-state index in [0.29, 0.717) is 5.56 Å². The Bertz CT molecular complexity index is 785. The van der Waals surface area contributed by atoms with E-state index in [1.807, 2.05) is 0 Å². The predicted octanol–water partition coefficient (Wildman–Crippen LogP) is 1.45. The zero-order chi connectivity index (χ0) is 15.5. The normalized spacial score (nSPS) is 11.7. The molecule has 0 aliphatic heterocycles. The van der Waals surface area contributed by atoms with E-state index in [9.17, 15) is 17.6 Å². The second-order valence-corrected chi connectivity index (χ2v) is 5.58. The maximum Gasteiger partial charge on any atom is 0.328 e. The molecule has 1 heterocycles. The summed E-state index contributed by atoms with van der Waals surface area (Å²) < 4.78 is 39.6. The fraction of sp³-hybridized carbons (Fsp3) is 0. The van der Waals surface area contributed by atoms with Crippen LogP contribution in [0.3, 0.4) is 0 Å². The van der Waals surface area contributed by atoms with Crippen molar-refractivity contribution < 1.29 is 22.7 Å². The molecule has 0 radical (unpaired) electrons. The van der Waals surface area contributed by atoms with Crippen LogP contribution in [-0.2, 0) is 14.8 Å². The molecular weight excluding hydrogens is 301 g/mol. The zero-order valence-electron chi connectivity index (χ0n) is 10.4. The van der Waals surface area contributed by atoms with Crippen LogP contribution >= 0.6 is 0 Å². The minimum atomic E-state index is -3.95. The number of hydrogen-bond acceptors (Lipinski definition) is 4. The van der Waals surface area contributed by atoms with Crippen LogP contribution in [0.2, 0.25) is 0 Å². The summed E-state index contributed by atoms with van der Waals surface area (Å²) in [5.41, 5.74) is 0.0384. The molecular formula is C12H10FN3O4S. The smallest absolute Gasteiger partial charge is 0.328 e. The summed E-state index contributed by atoms with van der Waals surface area (Å²) in [6.45, 7) is 0. The number of halogens is 1. The predicted molar refractivity (Wildman–Crippen MR) is 72.5 cm³/mol. The van der Waals surface area contributed by atoms with E-state index < -0.39 is 21.8 Å². The molecule has 0 atom stereocenters. The summed E-state index contributed by atoms with van der Waals surface area (Å²) in [5.74, 6) is -2.00. The fourth-order valence-corrected chi connectivity index (χ4v) is 2.45. The first-order valence-corrected chi connectivity index (χ1v) is 7.08. The Hall–Kier alpha value is -2.68. The molecule has 0 aliphatic rings. The SMILES string of the molecule is O=C(O)C=Cc1ccc(NS(=O)(=O)c2cnc[nH]2)c(F)c1. The van der Waals surface area contributed by atoms with Crippen molar-refractivity contribution in [1.82, 2.24) is 9.97 Å². The first-order chi connectivity index (χ1) is 9.88. The molecule has 3 N–H and O–H groups in total. The lowest BCUT2D eigenvalue weighted by Crippen LogP contribution is -2.14. The second-order valence-electron chi connectivity index (χ2n) is 3.93. The molecule has 0 fully saturated rings. The van der Waals surface area contributed by atoms with Crippen LogP contribution in [0.5, 0.6) is 0 Å². The van der Waals surface area contributed by atoms with Gasteiger partial charge in [-0.1, -0.05) is 6.07 Å². The molecule has 2 aromatic rings. The van der Waals surface area contributed by atoms with E-state index in [4.69, 9.17) is 5.11 Å². The van der Waals surface area contributed by atoms with Gasteiger partial charge in [0.2, 0.25) is 0 Å². The van der Waals surface area contributed by atoms with Crippen molar-refractivity contribution in [2.45, 2.75) is 5.03 Å². The molecule has 9 heteroatoms. The van der Waals surface area contributed by atoms with Gasteiger partial charge in [-0.15, -0.1) is 0 Å². The minimum absolute atomic E-state index is 0.197. The quantitative estimate of drug-likeness (QED) is 0.723. The molecule has 1 aromatic heterocycles. The molecule has 0 spiro atoms. The number of nitrogens with one attached hydrogen (secondary N) is 2. The summed E-state index contributed by atoms with van der Waals surface area (Å²) >= 11 is 0. The first-order valence-electron chi connectivity index (χ1n) is 5.60. The van der Waals surface area contributed by atoms with E-state index in [-0.39, 0.29) is 10.7 Å². The molecule has 0 saturated carbocycles. The summed E-state index contributed by atoms with van der Waals surface area (Å²) in [4.78, 5) is 16.3. The first kappa shape index (κ1) is 14.7.